The number of rotatable bonds is 10. The molecule has 1 fully saturated rings. The van der Waals surface area contributed by atoms with Gasteiger partial charge in [0.15, 0.2) is 0 Å². The summed E-state index contributed by atoms with van der Waals surface area (Å²) in [6, 6.07) is 33.7. The second-order valence-electron chi connectivity index (χ2n) is 11.6. The lowest BCUT2D eigenvalue weighted by Crippen LogP contribution is -2.50. The normalized spacial score (nSPS) is 14.6. The predicted octanol–water partition coefficient (Wildman–Crippen LogP) is 5.79. The summed E-state index contributed by atoms with van der Waals surface area (Å²) in [6.07, 6.45) is 1.84. The molecule has 2 amide bonds. The molecule has 2 aromatic heterocycles. The van der Waals surface area contributed by atoms with Gasteiger partial charge in [0.25, 0.3) is 5.91 Å². The summed E-state index contributed by atoms with van der Waals surface area (Å²) < 4.78 is 6.00. The lowest BCUT2D eigenvalue weighted by atomic mass is 10.0. The van der Waals surface area contributed by atoms with Crippen molar-refractivity contribution < 1.29 is 14.3 Å². The third kappa shape index (κ3) is 7.63. The van der Waals surface area contributed by atoms with E-state index in [2.05, 4.69) is 26.3 Å². The van der Waals surface area contributed by atoms with Crippen molar-refractivity contribution in [1.29, 1.82) is 5.26 Å². The highest BCUT2D eigenvalue weighted by Gasteiger charge is 2.30. The molecule has 0 aliphatic carbocycles. The number of nitrogens with one attached hydrogen (secondary N) is 1. The summed E-state index contributed by atoms with van der Waals surface area (Å²) in [4.78, 5) is 40.0. The van der Waals surface area contributed by atoms with Gasteiger partial charge in [-0.15, -0.1) is 0 Å². The number of pyridine rings is 2. The maximum Gasteiger partial charge on any atom is 0.251 e. The molecule has 3 heterocycles. The van der Waals surface area contributed by atoms with Gasteiger partial charge in [0, 0.05) is 54.6 Å². The molecular formula is C38H36N6O3. The Bertz CT molecular complexity index is 1900. The molecule has 2 atom stereocenters. The lowest BCUT2D eigenvalue weighted by molar-refractivity contribution is -0.133. The number of para-hydroxylation sites is 1. The summed E-state index contributed by atoms with van der Waals surface area (Å²) in [6.45, 7) is 4.31. The standard InChI is InChI=1S/C38H36N6O3/c1-27-33(14-8-18-40-27)36(25-39)43-19-21-44(22-20-43)37(45)24-35(28-9-3-2-4-10-28)42-38(46)30-12-7-13-32(23-30)47-26-31-17-16-29-11-5-6-15-34(29)41-31/h2-18,23,35-36H,19-22,24,26H2,1H3,(H,42,46). The van der Waals surface area contributed by atoms with Crippen molar-refractivity contribution in [3.05, 3.63) is 137 Å². The maximum absolute atomic E-state index is 13.6. The zero-order valence-corrected chi connectivity index (χ0v) is 26.3. The second kappa shape index (κ2) is 14.7. The van der Waals surface area contributed by atoms with Crippen LogP contribution in [0.25, 0.3) is 10.9 Å². The summed E-state index contributed by atoms with van der Waals surface area (Å²) in [7, 11) is 0. The van der Waals surface area contributed by atoms with Gasteiger partial charge in [0.2, 0.25) is 5.91 Å². The molecule has 0 radical (unpaired) electrons. The zero-order valence-electron chi connectivity index (χ0n) is 26.3. The molecule has 9 heteroatoms. The highest BCUT2D eigenvalue weighted by Crippen LogP contribution is 2.25. The molecule has 6 rings (SSSR count). The summed E-state index contributed by atoms with van der Waals surface area (Å²) >= 11 is 0. The van der Waals surface area contributed by atoms with Crippen LogP contribution in [-0.2, 0) is 11.4 Å². The van der Waals surface area contributed by atoms with Crippen LogP contribution in [0, 0.1) is 18.3 Å². The molecule has 0 saturated carbocycles. The van der Waals surface area contributed by atoms with Crippen LogP contribution in [0.15, 0.2) is 109 Å². The summed E-state index contributed by atoms with van der Waals surface area (Å²) in [5, 5.41) is 14.1. The maximum atomic E-state index is 13.6. The molecule has 0 bridgehead atoms. The molecule has 3 aromatic carbocycles. The fourth-order valence-corrected chi connectivity index (χ4v) is 5.92. The van der Waals surface area contributed by atoms with Gasteiger partial charge in [-0.1, -0.05) is 66.7 Å². The molecule has 1 aliphatic rings. The first-order valence-corrected chi connectivity index (χ1v) is 15.7. The number of hydrogen-bond donors (Lipinski definition) is 1. The Morgan fingerprint density at radius 1 is 0.915 bits per heavy atom. The number of carbonyl (C=O) groups is 2. The van der Waals surface area contributed by atoms with E-state index >= 15 is 0 Å². The first kappa shape index (κ1) is 31.4. The number of hydrogen-bond acceptors (Lipinski definition) is 7. The van der Waals surface area contributed by atoms with Crippen LogP contribution in [0.1, 0.15) is 51.4 Å². The number of nitrogens with zero attached hydrogens (tertiary/aromatic N) is 5. The van der Waals surface area contributed by atoms with E-state index in [1.165, 1.54) is 0 Å². The molecule has 47 heavy (non-hydrogen) atoms. The Hall–Kier alpha value is -5.59. The van der Waals surface area contributed by atoms with E-state index < -0.39 is 12.1 Å². The minimum atomic E-state index is -0.523. The monoisotopic (exact) mass is 624 g/mol. The van der Waals surface area contributed by atoms with Gasteiger partial charge in [-0.25, -0.2) is 4.98 Å². The fourth-order valence-electron chi connectivity index (χ4n) is 5.92. The van der Waals surface area contributed by atoms with Crippen LogP contribution in [-0.4, -0.2) is 57.8 Å². The van der Waals surface area contributed by atoms with Gasteiger partial charge in [-0.2, -0.15) is 5.26 Å². The van der Waals surface area contributed by atoms with Crippen LogP contribution >= 0.6 is 0 Å². The van der Waals surface area contributed by atoms with E-state index in [0.29, 0.717) is 37.5 Å². The average Bonchev–Trinajstić information content (AvgIpc) is 3.12. The quantitative estimate of drug-likeness (QED) is 0.209. The second-order valence-corrected chi connectivity index (χ2v) is 11.6. The molecule has 5 aromatic rings. The Kier molecular flexibility index (Phi) is 9.80. The molecule has 2 unspecified atom stereocenters. The minimum Gasteiger partial charge on any atom is -0.487 e. The smallest absolute Gasteiger partial charge is 0.251 e. The first-order chi connectivity index (χ1) is 23.0. The fraction of sp³-hybridized carbons (Fsp3) is 0.237. The van der Waals surface area contributed by atoms with Gasteiger partial charge in [0.1, 0.15) is 18.4 Å². The van der Waals surface area contributed by atoms with Crippen LogP contribution in [0.5, 0.6) is 5.75 Å². The molecule has 9 nitrogen and oxygen atoms in total. The van der Waals surface area contributed by atoms with Crippen molar-refractivity contribution >= 4 is 22.7 Å². The summed E-state index contributed by atoms with van der Waals surface area (Å²) in [5.41, 5.74) is 4.69. The van der Waals surface area contributed by atoms with Crippen molar-refractivity contribution in [3.63, 3.8) is 0 Å². The number of piperazine rings is 1. The van der Waals surface area contributed by atoms with Gasteiger partial charge < -0.3 is 15.0 Å². The summed E-state index contributed by atoms with van der Waals surface area (Å²) in [5.74, 6) is 0.203. The number of fused-ring (bicyclic) bond motifs is 1. The third-order valence-corrected chi connectivity index (χ3v) is 8.52. The third-order valence-electron chi connectivity index (χ3n) is 8.52. The molecule has 236 valence electrons. The largest absolute Gasteiger partial charge is 0.487 e. The topological polar surface area (TPSA) is 111 Å². The number of nitriles is 1. The van der Waals surface area contributed by atoms with E-state index in [1.807, 2.05) is 96.8 Å². The van der Waals surface area contributed by atoms with Gasteiger partial charge >= 0.3 is 0 Å². The van der Waals surface area contributed by atoms with Crippen molar-refractivity contribution in [2.75, 3.05) is 26.2 Å². The van der Waals surface area contributed by atoms with Crippen LogP contribution in [0.2, 0.25) is 0 Å². The average molecular weight is 625 g/mol. The van der Waals surface area contributed by atoms with Crippen molar-refractivity contribution in [2.45, 2.75) is 32.0 Å². The van der Waals surface area contributed by atoms with Crippen LogP contribution in [0.4, 0.5) is 0 Å². The van der Waals surface area contributed by atoms with Crippen molar-refractivity contribution in [3.8, 4) is 11.8 Å². The molecule has 1 aliphatic heterocycles. The zero-order chi connectivity index (χ0) is 32.6. The van der Waals surface area contributed by atoms with Gasteiger partial charge in [0.05, 0.1) is 29.7 Å². The van der Waals surface area contributed by atoms with Crippen LogP contribution < -0.4 is 10.1 Å². The molecule has 0 spiro atoms. The molecule has 1 saturated heterocycles. The Morgan fingerprint density at radius 3 is 2.49 bits per heavy atom. The van der Waals surface area contributed by atoms with Crippen molar-refractivity contribution in [2.24, 2.45) is 0 Å². The number of ether oxygens (including phenoxy) is 1. The first-order valence-electron chi connectivity index (χ1n) is 15.7. The number of aryl methyl sites for hydroxylation is 1. The van der Waals surface area contributed by atoms with Crippen LogP contribution in [0.3, 0.4) is 0 Å². The minimum absolute atomic E-state index is 0.0511. The predicted molar refractivity (Wildman–Crippen MR) is 179 cm³/mol. The number of carbonyl (C=O) groups excluding carboxylic acids is 2. The highest BCUT2D eigenvalue weighted by atomic mass is 16.5. The van der Waals surface area contributed by atoms with E-state index in [-0.39, 0.29) is 24.8 Å². The Balaban J connectivity index is 1.09. The molecule has 1 N–H and O–H groups in total. The van der Waals surface area contributed by atoms with Gasteiger partial charge in [-0.05, 0) is 48.9 Å². The van der Waals surface area contributed by atoms with E-state index in [1.54, 1.807) is 24.4 Å². The van der Waals surface area contributed by atoms with E-state index in [9.17, 15) is 14.9 Å². The van der Waals surface area contributed by atoms with E-state index in [4.69, 9.17) is 4.74 Å². The molecular weight excluding hydrogens is 588 g/mol. The van der Waals surface area contributed by atoms with Gasteiger partial charge in [-0.3, -0.25) is 19.5 Å². The lowest BCUT2D eigenvalue weighted by Gasteiger charge is -2.37. The van der Waals surface area contributed by atoms with Crippen molar-refractivity contribution in [1.82, 2.24) is 25.1 Å². The number of aromatic nitrogens is 2. The number of benzene rings is 3. The van der Waals surface area contributed by atoms with E-state index in [0.717, 1.165) is 33.4 Å². The SMILES string of the molecule is Cc1ncccc1C(C#N)N1CCN(C(=O)CC(NC(=O)c2cccc(OCc3ccc4ccccc4n3)c2)c2ccccc2)CC1. The highest BCUT2D eigenvalue weighted by molar-refractivity contribution is 5.95. The Labute approximate surface area is 274 Å². The number of amides is 2. The Morgan fingerprint density at radius 2 is 1.70 bits per heavy atom.